The van der Waals surface area contributed by atoms with Gasteiger partial charge in [-0.15, -0.1) is 0 Å². The first-order valence-corrected chi connectivity index (χ1v) is 3.68. The van der Waals surface area contributed by atoms with Crippen LogP contribution in [-0.2, 0) is 0 Å². The fraction of sp³-hybridized carbons (Fsp3) is 0. The van der Waals surface area contributed by atoms with Crippen LogP contribution in [0.5, 0.6) is 0 Å². The lowest BCUT2D eigenvalue weighted by atomic mass is 10.3. The van der Waals surface area contributed by atoms with Crippen LogP contribution in [0, 0.1) is 0 Å². The van der Waals surface area contributed by atoms with Crippen molar-refractivity contribution in [3.63, 3.8) is 0 Å². The molecule has 3 N–H and O–H groups in total. The Morgan fingerprint density at radius 3 is 2.83 bits per heavy atom. The number of nitrogens with two attached hydrogens (primary N) is 1. The van der Waals surface area contributed by atoms with E-state index in [0.717, 1.165) is 5.56 Å². The topological polar surface area (TPSA) is 63.3 Å². The van der Waals surface area contributed by atoms with E-state index in [9.17, 15) is 0 Å². The van der Waals surface area contributed by atoms with Gasteiger partial charge in [-0.3, -0.25) is 10.4 Å². The number of rotatable bonds is 2. The van der Waals surface area contributed by atoms with E-state index in [1.165, 1.54) is 0 Å². The molecule has 4 nitrogen and oxygen atoms in total. The summed E-state index contributed by atoms with van der Waals surface area (Å²) >= 11 is 4.55. The van der Waals surface area contributed by atoms with Crippen LogP contribution in [0.15, 0.2) is 29.6 Å². The van der Waals surface area contributed by atoms with Gasteiger partial charge >= 0.3 is 0 Å². The van der Waals surface area contributed by atoms with Gasteiger partial charge in [0.15, 0.2) is 5.11 Å². The largest absolute Gasteiger partial charge is 0.375 e. The quantitative estimate of drug-likeness (QED) is 0.389. The van der Waals surface area contributed by atoms with Crippen molar-refractivity contribution in [2.45, 2.75) is 0 Å². The molecule has 1 aromatic heterocycles. The maximum atomic E-state index is 5.15. The molecule has 1 aromatic rings. The Balaban J connectivity index is 2.52. The minimum absolute atomic E-state index is 0.153. The second kappa shape index (κ2) is 4.40. The van der Waals surface area contributed by atoms with E-state index in [0.29, 0.717) is 0 Å². The number of hydrazone groups is 1. The molecule has 0 unspecified atom stereocenters. The van der Waals surface area contributed by atoms with E-state index in [1.807, 2.05) is 12.1 Å². The summed E-state index contributed by atoms with van der Waals surface area (Å²) in [5.41, 5.74) is 8.54. The smallest absolute Gasteiger partial charge is 0.184 e. The number of thiocarbonyl (C=S) groups is 1. The highest BCUT2D eigenvalue weighted by Crippen LogP contribution is 1.89. The predicted molar refractivity (Wildman–Crippen MR) is 51.8 cm³/mol. The van der Waals surface area contributed by atoms with Crippen LogP contribution in [0.1, 0.15) is 5.56 Å². The van der Waals surface area contributed by atoms with Gasteiger partial charge in [-0.05, 0) is 29.9 Å². The number of aromatic nitrogens is 1. The average Bonchev–Trinajstić information content (AvgIpc) is 2.05. The highest BCUT2D eigenvalue weighted by molar-refractivity contribution is 7.80. The molecule has 0 aliphatic carbocycles. The minimum atomic E-state index is 0.153. The van der Waals surface area contributed by atoms with Gasteiger partial charge in [0.25, 0.3) is 0 Å². The first-order chi connectivity index (χ1) is 5.79. The van der Waals surface area contributed by atoms with Crippen molar-refractivity contribution in [1.82, 2.24) is 10.4 Å². The summed E-state index contributed by atoms with van der Waals surface area (Å²) in [6.07, 6.45) is 4.98. The number of pyridine rings is 1. The van der Waals surface area contributed by atoms with Crippen molar-refractivity contribution >= 4 is 23.5 Å². The molecule has 0 fully saturated rings. The summed E-state index contributed by atoms with van der Waals surface area (Å²) in [5.74, 6) is 0. The molecule has 0 spiro atoms. The lowest BCUT2D eigenvalue weighted by molar-refractivity contribution is 1.04. The summed E-state index contributed by atoms with van der Waals surface area (Å²) in [6.45, 7) is 0. The van der Waals surface area contributed by atoms with E-state index in [4.69, 9.17) is 5.73 Å². The van der Waals surface area contributed by atoms with Crippen LogP contribution in [-0.4, -0.2) is 16.3 Å². The van der Waals surface area contributed by atoms with Crippen LogP contribution in [0.4, 0.5) is 0 Å². The molecule has 0 saturated heterocycles. The first-order valence-electron chi connectivity index (χ1n) is 3.27. The molecule has 0 aromatic carbocycles. The van der Waals surface area contributed by atoms with Crippen LogP contribution in [0.25, 0.3) is 0 Å². The van der Waals surface area contributed by atoms with Gasteiger partial charge in [0.1, 0.15) is 0 Å². The Kier molecular flexibility index (Phi) is 3.16. The van der Waals surface area contributed by atoms with E-state index < -0.39 is 0 Å². The molecule has 0 saturated carbocycles. The molecule has 1 heterocycles. The SMILES string of the molecule is NC(=S)N/N=C\c1ccncc1. The second-order valence-electron chi connectivity index (χ2n) is 2.01. The maximum Gasteiger partial charge on any atom is 0.184 e. The molecule has 1 rings (SSSR count). The molecule has 0 aliphatic heterocycles. The van der Waals surface area contributed by atoms with Crippen molar-refractivity contribution in [2.24, 2.45) is 10.8 Å². The number of hydrogen-bond donors (Lipinski definition) is 2. The van der Waals surface area contributed by atoms with Gasteiger partial charge in [-0.2, -0.15) is 5.10 Å². The van der Waals surface area contributed by atoms with Gasteiger partial charge in [-0.25, -0.2) is 0 Å². The van der Waals surface area contributed by atoms with E-state index in [-0.39, 0.29) is 5.11 Å². The summed E-state index contributed by atoms with van der Waals surface area (Å²) in [6, 6.07) is 3.65. The number of hydrogen-bond acceptors (Lipinski definition) is 3. The lowest BCUT2D eigenvalue weighted by Gasteiger charge is -1.93. The van der Waals surface area contributed by atoms with Crippen LogP contribution in [0.2, 0.25) is 0 Å². The molecule has 0 radical (unpaired) electrons. The summed E-state index contributed by atoms with van der Waals surface area (Å²) in [7, 11) is 0. The molecular formula is C7H8N4S. The van der Waals surface area contributed by atoms with Crippen LogP contribution < -0.4 is 11.2 Å². The van der Waals surface area contributed by atoms with Gasteiger partial charge in [0.05, 0.1) is 6.21 Å². The summed E-state index contributed by atoms with van der Waals surface area (Å²) in [5, 5.41) is 3.93. The lowest BCUT2D eigenvalue weighted by Crippen LogP contribution is -2.23. The molecule has 5 heteroatoms. The molecule has 62 valence electrons. The third-order valence-electron chi connectivity index (χ3n) is 1.09. The van der Waals surface area contributed by atoms with Crippen molar-refractivity contribution in [3.8, 4) is 0 Å². The summed E-state index contributed by atoms with van der Waals surface area (Å²) < 4.78 is 0. The zero-order valence-electron chi connectivity index (χ0n) is 6.27. The fourth-order valence-corrected chi connectivity index (χ4v) is 0.673. The van der Waals surface area contributed by atoms with Crippen molar-refractivity contribution in [3.05, 3.63) is 30.1 Å². The van der Waals surface area contributed by atoms with E-state index >= 15 is 0 Å². The third kappa shape index (κ3) is 3.07. The van der Waals surface area contributed by atoms with Crippen LogP contribution >= 0.6 is 12.2 Å². The molecule has 0 atom stereocenters. The maximum absolute atomic E-state index is 5.15. The Morgan fingerprint density at radius 1 is 1.58 bits per heavy atom. The normalized spacial score (nSPS) is 10.0. The molecular weight excluding hydrogens is 172 g/mol. The standard InChI is InChI=1S/C7H8N4S/c8-7(12)11-10-5-6-1-3-9-4-2-6/h1-5H,(H3,8,11,12)/b10-5-. The Morgan fingerprint density at radius 2 is 2.25 bits per heavy atom. The zero-order chi connectivity index (χ0) is 8.81. The third-order valence-corrected chi connectivity index (χ3v) is 1.19. The van der Waals surface area contributed by atoms with Gasteiger partial charge in [-0.1, -0.05) is 0 Å². The second-order valence-corrected chi connectivity index (χ2v) is 2.45. The summed E-state index contributed by atoms with van der Waals surface area (Å²) in [4.78, 5) is 3.86. The number of nitrogens with zero attached hydrogens (tertiary/aromatic N) is 2. The zero-order valence-corrected chi connectivity index (χ0v) is 7.08. The number of nitrogens with one attached hydrogen (secondary N) is 1. The van der Waals surface area contributed by atoms with Gasteiger partial charge < -0.3 is 5.73 Å². The fourth-order valence-electron chi connectivity index (χ4n) is 0.620. The van der Waals surface area contributed by atoms with E-state index in [2.05, 4.69) is 27.7 Å². The van der Waals surface area contributed by atoms with Gasteiger partial charge in [0.2, 0.25) is 0 Å². The van der Waals surface area contributed by atoms with Crippen LogP contribution in [0.3, 0.4) is 0 Å². The Labute approximate surface area is 75.5 Å². The molecule has 0 bridgehead atoms. The Hall–Kier alpha value is -1.49. The highest BCUT2D eigenvalue weighted by Gasteiger charge is 1.83. The van der Waals surface area contributed by atoms with Crippen molar-refractivity contribution in [1.29, 1.82) is 0 Å². The van der Waals surface area contributed by atoms with Crippen molar-refractivity contribution < 1.29 is 0 Å². The monoisotopic (exact) mass is 180 g/mol. The molecule has 12 heavy (non-hydrogen) atoms. The Bertz CT molecular complexity index is 283. The first kappa shape index (κ1) is 8.61. The average molecular weight is 180 g/mol. The van der Waals surface area contributed by atoms with Gasteiger partial charge in [0, 0.05) is 12.4 Å². The minimum Gasteiger partial charge on any atom is -0.375 e. The molecule has 0 aliphatic rings. The highest BCUT2D eigenvalue weighted by atomic mass is 32.1. The van der Waals surface area contributed by atoms with E-state index in [1.54, 1.807) is 18.6 Å². The predicted octanol–water partition coefficient (Wildman–Crippen LogP) is 0.249. The van der Waals surface area contributed by atoms with Crippen molar-refractivity contribution in [2.75, 3.05) is 0 Å². The molecule has 0 amide bonds.